The van der Waals surface area contributed by atoms with Gasteiger partial charge in [0.05, 0.1) is 6.61 Å². The molecule has 0 aliphatic rings. The number of aliphatic hydroxyl groups is 1. The molecule has 0 radical (unpaired) electrons. The van der Waals surface area contributed by atoms with Crippen LogP contribution in [0.5, 0.6) is 0 Å². The molecule has 0 bridgehead atoms. The molecule has 1 amide bonds. The zero-order valence-electron chi connectivity index (χ0n) is 10.4. The van der Waals surface area contributed by atoms with E-state index in [1.807, 2.05) is 0 Å². The highest BCUT2D eigenvalue weighted by Gasteiger charge is 2.26. The summed E-state index contributed by atoms with van der Waals surface area (Å²) in [4.78, 5) is 23.1. The van der Waals surface area contributed by atoms with Crippen LogP contribution in [0.15, 0.2) is 11.3 Å². The monoisotopic (exact) mass is 229 g/mol. The maximum Gasteiger partial charge on any atom is 0.347 e. The van der Waals surface area contributed by atoms with Gasteiger partial charge in [0.1, 0.15) is 5.76 Å². The molecule has 2 N–H and O–H groups in total. The third kappa shape index (κ3) is 4.82. The number of nitrogens with one attached hydrogen (secondary N) is 1. The van der Waals surface area contributed by atoms with Crippen LogP contribution in [0.2, 0.25) is 0 Å². The van der Waals surface area contributed by atoms with Gasteiger partial charge in [0.15, 0.2) is 5.57 Å². The minimum absolute atomic E-state index is 0.151. The Balaban J connectivity index is 4.91. The number of hydrogen-bond donors (Lipinski definition) is 2. The largest absolute Gasteiger partial charge is 0.511 e. The predicted molar refractivity (Wildman–Crippen MR) is 59.9 cm³/mol. The fraction of sp³-hybridized carbons (Fsp3) is 0.636. The number of esters is 1. The summed E-state index contributed by atoms with van der Waals surface area (Å²) in [7, 11) is 0. The molecule has 92 valence electrons. The standard InChI is InChI=1S/C11H19NO4/c1-6-16-10(15)8(7(2)13)9(14)12-11(3,4)5/h13H,6H2,1-5H3,(H,12,14)/b8-7-. The second-order valence-corrected chi connectivity index (χ2v) is 4.39. The molecular weight excluding hydrogens is 210 g/mol. The van der Waals surface area contributed by atoms with Crippen LogP contribution in [-0.4, -0.2) is 29.1 Å². The van der Waals surface area contributed by atoms with Crippen molar-refractivity contribution in [2.45, 2.75) is 40.2 Å². The first-order chi connectivity index (χ1) is 7.19. The lowest BCUT2D eigenvalue weighted by molar-refractivity contribution is -0.140. The molecule has 0 unspecified atom stereocenters. The molecule has 0 rings (SSSR count). The van der Waals surface area contributed by atoms with E-state index in [0.29, 0.717) is 0 Å². The van der Waals surface area contributed by atoms with Crippen LogP contribution >= 0.6 is 0 Å². The Labute approximate surface area is 95.5 Å². The molecule has 5 heteroatoms. The number of amides is 1. The van der Waals surface area contributed by atoms with E-state index in [1.54, 1.807) is 27.7 Å². The van der Waals surface area contributed by atoms with Crippen LogP contribution in [0.25, 0.3) is 0 Å². The number of aliphatic hydroxyl groups excluding tert-OH is 1. The Morgan fingerprint density at radius 3 is 2.12 bits per heavy atom. The van der Waals surface area contributed by atoms with Gasteiger partial charge >= 0.3 is 5.97 Å². The van der Waals surface area contributed by atoms with E-state index in [1.165, 1.54) is 6.92 Å². The summed E-state index contributed by atoms with van der Waals surface area (Å²) < 4.78 is 4.68. The van der Waals surface area contributed by atoms with Crippen molar-refractivity contribution >= 4 is 11.9 Å². The van der Waals surface area contributed by atoms with E-state index >= 15 is 0 Å². The van der Waals surface area contributed by atoms with Gasteiger partial charge in [0.2, 0.25) is 0 Å². The number of carbonyl (C=O) groups is 2. The summed E-state index contributed by atoms with van der Waals surface area (Å²) in [6.07, 6.45) is 0. The third-order valence-electron chi connectivity index (χ3n) is 1.56. The average Bonchev–Trinajstić information content (AvgIpc) is 1.99. The molecule has 0 aliphatic carbocycles. The molecule has 5 nitrogen and oxygen atoms in total. The van der Waals surface area contributed by atoms with E-state index in [4.69, 9.17) is 0 Å². The second-order valence-electron chi connectivity index (χ2n) is 4.39. The van der Waals surface area contributed by atoms with E-state index in [9.17, 15) is 14.7 Å². The fourth-order valence-electron chi connectivity index (χ4n) is 1.01. The Bertz CT molecular complexity index is 308. The minimum Gasteiger partial charge on any atom is -0.511 e. The number of carbonyl (C=O) groups excluding carboxylic acids is 2. The highest BCUT2D eigenvalue weighted by Crippen LogP contribution is 2.08. The summed E-state index contributed by atoms with van der Waals surface area (Å²) in [5, 5.41) is 11.9. The summed E-state index contributed by atoms with van der Waals surface area (Å²) >= 11 is 0. The zero-order chi connectivity index (χ0) is 12.9. The maximum absolute atomic E-state index is 11.7. The Morgan fingerprint density at radius 1 is 1.31 bits per heavy atom. The molecule has 0 aromatic heterocycles. The smallest absolute Gasteiger partial charge is 0.347 e. The Morgan fingerprint density at radius 2 is 1.81 bits per heavy atom. The van der Waals surface area contributed by atoms with Gasteiger partial charge in [-0.15, -0.1) is 0 Å². The lowest BCUT2D eigenvalue weighted by atomic mass is 10.1. The van der Waals surface area contributed by atoms with Crippen LogP contribution in [0.4, 0.5) is 0 Å². The minimum atomic E-state index is -0.816. The van der Waals surface area contributed by atoms with Crippen LogP contribution in [0.3, 0.4) is 0 Å². The molecule has 0 aromatic carbocycles. The van der Waals surface area contributed by atoms with Crippen molar-refractivity contribution in [2.24, 2.45) is 0 Å². The van der Waals surface area contributed by atoms with Crippen molar-refractivity contribution in [3.8, 4) is 0 Å². The molecule has 0 aliphatic heterocycles. The number of allylic oxidation sites excluding steroid dienone is 1. The predicted octanol–water partition coefficient (Wildman–Crippen LogP) is 1.30. The Kier molecular flexibility index (Phi) is 5.01. The van der Waals surface area contributed by atoms with Crippen molar-refractivity contribution in [3.63, 3.8) is 0 Å². The second kappa shape index (κ2) is 5.53. The molecule has 0 fully saturated rings. The van der Waals surface area contributed by atoms with E-state index in [0.717, 1.165) is 0 Å². The van der Waals surface area contributed by atoms with Gasteiger partial charge in [0.25, 0.3) is 5.91 Å². The highest BCUT2D eigenvalue weighted by molar-refractivity contribution is 6.16. The van der Waals surface area contributed by atoms with Crippen molar-refractivity contribution in [2.75, 3.05) is 6.61 Å². The average molecular weight is 229 g/mol. The normalized spacial score (nSPS) is 12.8. The number of rotatable bonds is 3. The van der Waals surface area contributed by atoms with Crippen LogP contribution < -0.4 is 5.32 Å². The molecule has 0 aromatic rings. The van der Waals surface area contributed by atoms with Gasteiger partial charge in [0, 0.05) is 5.54 Å². The van der Waals surface area contributed by atoms with Crippen molar-refractivity contribution < 1.29 is 19.4 Å². The lowest BCUT2D eigenvalue weighted by Gasteiger charge is -2.21. The van der Waals surface area contributed by atoms with Crippen molar-refractivity contribution in [1.82, 2.24) is 5.32 Å². The summed E-state index contributed by atoms with van der Waals surface area (Å²) in [5.41, 5.74) is -0.832. The lowest BCUT2D eigenvalue weighted by Crippen LogP contribution is -2.43. The number of hydrogen-bond acceptors (Lipinski definition) is 4. The quantitative estimate of drug-likeness (QED) is 0.251. The number of ether oxygens (including phenoxy) is 1. The van der Waals surface area contributed by atoms with Gasteiger partial charge in [-0.05, 0) is 34.6 Å². The fourth-order valence-corrected chi connectivity index (χ4v) is 1.01. The molecule has 0 saturated heterocycles. The molecule has 16 heavy (non-hydrogen) atoms. The van der Waals surface area contributed by atoms with E-state index in [-0.39, 0.29) is 17.9 Å². The third-order valence-corrected chi connectivity index (χ3v) is 1.56. The molecule has 0 heterocycles. The summed E-state index contributed by atoms with van der Waals surface area (Å²) in [6, 6.07) is 0. The van der Waals surface area contributed by atoms with E-state index in [2.05, 4.69) is 10.1 Å². The van der Waals surface area contributed by atoms with Gasteiger partial charge in [-0.3, -0.25) is 4.79 Å². The van der Waals surface area contributed by atoms with Gasteiger partial charge < -0.3 is 15.2 Å². The van der Waals surface area contributed by atoms with Crippen LogP contribution in [0, 0.1) is 0 Å². The first-order valence-corrected chi connectivity index (χ1v) is 5.08. The maximum atomic E-state index is 11.7. The molecule has 0 saturated carbocycles. The van der Waals surface area contributed by atoms with Gasteiger partial charge in [-0.1, -0.05) is 0 Å². The van der Waals surface area contributed by atoms with Crippen LogP contribution in [-0.2, 0) is 14.3 Å². The SMILES string of the molecule is CCOC(=O)/C(C(=O)NC(C)(C)C)=C(/C)O. The molecule has 0 atom stereocenters. The van der Waals surface area contributed by atoms with Crippen molar-refractivity contribution in [3.05, 3.63) is 11.3 Å². The van der Waals surface area contributed by atoms with Crippen molar-refractivity contribution in [1.29, 1.82) is 0 Å². The van der Waals surface area contributed by atoms with Gasteiger partial charge in [-0.25, -0.2) is 4.79 Å². The van der Waals surface area contributed by atoms with E-state index < -0.39 is 17.4 Å². The van der Waals surface area contributed by atoms with Crippen LogP contribution in [0.1, 0.15) is 34.6 Å². The zero-order valence-corrected chi connectivity index (χ0v) is 10.4. The Hall–Kier alpha value is -1.52. The molecule has 0 spiro atoms. The summed E-state index contributed by atoms with van der Waals surface area (Å²) in [6.45, 7) is 8.39. The first kappa shape index (κ1) is 14.5. The highest BCUT2D eigenvalue weighted by atomic mass is 16.5. The summed E-state index contributed by atoms with van der Waals surface area (Å²) in [5.74, 6) is -1.80. The molecular formula is C11H19NO4. The topological polar surface area (TPSA) is 75.6 Å². The first-order valence-electron chi connectivity index (χ1n) is 5.08. The van der Waals surface area contributed by atoms with Gasteiger partial charge in [-0.2, -0.15) is 0 Å².